The van der Waals surface area contributed by atoms with Gasteiger partial charge in [-0.05, 0) is 148 Å². The van der Waals surface area contributed by atoms with Crippen molar-refractivity contribution >= 4 is 19.0 Å². The number of esters is 1. The molecule has 2 aliphatic heterocycles. The SMILES string of the molecule is COc1ccc(COc2ccc(C(=O)N3CC(Oc4ccc(CCB5O[C@@H]6C[C@@H]7C[C@@H](C7(C)C)[C@]6(C)O5)c(C)c4C(=O)OC(C)(C)C)C3)cc2OCc2ccc(OC)cc2)cc1. The van der Waals surface area contributed by atoms with Crippen LogP contribution in [0.1, 0.15) is 97.4 Å². The van der Waals surface area contributed by atoms with E-state index in [2.05, 4.69) is 20.8 Å². The molecule has 0 spiro atoms. The highest BCUT2D eigenvalue weighted by atomic mass is 16.7. The van der Waals surface area contributed by atoms with Crippen molar-refractivity contribution < 1.29 is 47.3 Å². The molecule has 2 saturated heterocycles. The van der Waals surface area contributed by atoms with Crippen molar-refractivity contribution in [2.45, 2.75) is 111 Å². The second-order valence-electron chi connectivity index (χ2n) is 19.0. The third kappa shape index (κ3) is 8.86. The van der Waals surface area contributed by atoms with Gasteiger partial charge in [0.05, 0.1) is 39.0 Å². The Morgan fingerprint density at radius 3 is 2.02 bits per heavy atom. The lowest BCUT2D eigenvalue weighted by molar-refractivity contribution is -0.199. The molecule has 0 radical (unpaired) electrons. The average Bonchev–Trinajstić information content (AvgIpc) is 3.58. The first-order chi connectivity index (χ1) is 29.5. The molecule has 1 amide bonds. The molecular formula is C50H60BNO10. The van der Waals surface area contributed by atoms with E-state index in [-0.39, 0.29) is 42.9 Å². The van der Waals surface area contributed by atoms with Gasteiger partial charge in [-0.2, -0.15) is 0 Å². The largest absolute Gasteiger partial charge is 0.497 e. The topological polar surface area (TPSA) is 111 Å². The number of methoxy groups -OCH3 is 2. The van der Waals surface area contributed by atoms with Gasteiger partial charge in [0, 0.05) is 5.56 Å². The lowest BCUT2D eigenvalue weighted by Crippen LogP contribution is -2.65. The molecule has 0 N–H and O–H groups in total. The molecule has 2 heterocycles. The molecule has 3 saturated carbocycles. The zero-order valence-electron chi connectivity index (χ0n) is 37.6. The molecule has 0 unspecified atom stereocenters. The van der Waals surface area contributed by atoms with Crippen molar-refractivity contribution in [1.29, 1.82) is 0 Å². The number of hydrogen-bond acceptors (Lipinski definition) is 10. The number of carbonyl (C=O) groups excluding carboxylic acids is 2. The smallest absolute Gasteiger partial charge is 0.457 e. The van der Waals surface area contributed by atoms with E-state index in [9.17, 15) is 9.59 Å². The summed E-state index contributed by atoms with van der Waals surface area (Å²) in [5, 5.41) is 0. The van der Waals surface area contributed by atoms with Crippen LogP contribution in [0.25, 0.3) is 0 Å². The van der Waals surface area contributed by atoms with Gasteiger partial charge in [-0.1, -0.05) is 44.2 Å². The Kier molecular flexibility index (Phi) is 12.0. The molecule has 0 aromatic heterocycles. The number of amides is 1. The quantitative estimate of drug-likeness (QED) is 0.0848. The number of carbonyl (C=O) groups is 2. The lowest BCUT2D eigenvalue weighted by atomic mass is 9.43. The van der Waals surface area contributed by atoms with E-state index in [0.717, 1.165) is 40.2 Å². The van der Waals surface area contributed by atoms with Crippen LogP contribution in [0.3, 0.4) is 0 Å². The summed E-state index contributed by atoms with van der Waals surface area (Å²) >= 11 is 0. The van der Waals surface area contributed by atoms with Gasteiger partial charge in [0.15, 0.2) is 11.5 Å². The maximum atomic E-state index is 13.9. The minimum Gasteiger partial charge on any atom is -0.497 e. The van der Waals surface area contributed by atoms with E-state index in [1.807, 2.05) is 88.4 Å². The van der Waals surface area contributed by atoms with E-state index in [1.54, 1.807) is 37.3 Å². The molecule has 12 heteroatoms. The summed E-state index contributed by atoms with van der Waals surface area (Å²) in [5.41, 5.74) is 3.90. The van der Waals surface area contributed by atoms with Gasteiger partial charge in [0.1, 0.15) is 47.7 Å². The van der Waals surface area contributed by atoms with Gasteiger partial charge in [0.25, 0.3) is 5.91 Å². The summed E-state index contributed by atoms with van der Waals surface area (Å²) in [6, 6.07) is 24.4. The second kappa shape index (κ2) is 17.2. The molecule has 328 valence electrons. The van der Waals surface area contributed by atoms with Crippen molar-refractivity contribution in [2.75, 3.05) is 27.3 Å². The first-order valence-corrected chi connectivity index (χ1v) is 21.8. The summed E-state index contributed by atoms with van der Waals surface area (Å²) < 4.78 is 48.7. The Morgan fingerprint density at radius 1 is 0.806 bits per heavy atom. The van der Waals surface area contributed by atoms with Crippen LogP contribution in [-0.4, -0.2) is 74.6 Å². The highest BCUT2D eigenvalue weighted by Crippen LogP contribution is 2.65. The minimum absolute atomic E-state index is 0.122. The summed E-state index contributed by atoms with van der Waals surface area (Å²) in [6.07, 6.45) is 3.42. The van der Waals surface area contributed by atoms with Crippen LogP contribution in [0.5, 0.6) is 28.7 Å². The predicted octanol–water partition coefficient (Wildman–Crippen LogP) is 9.30. The Labute approximate surface area is 366 Å². The molecule has 9 rings (SSSR count). The number of ether oxygens (including phenoxy) is 6. The molecule has 11 nitrogen and oxygen atoms in total. The van der Waals surface area contributed by atoms with E-state index in [1.165, 1.54) is 6.42 Å². The number of rotatable bonds is 15. The first kappa shape index (κ1) is 43.5. The number of aryl methyl sites for hydroxylation is 1. The molecule has 5 fully saturated rings. The standard InChI is InChI=1S/C50H60BNO10/c1-31-34(22-23-51-61-44-26-36-25-43(49(36,5)6)50(44,7)62-51)14-21-41(45(31)47(54)60-48(2,3)4)59-39-27-52(28-39)46(53)35-15-20-40(57-29-32-10-16-37(55-8)17-11-32)42(24-35)58-30-33-12-18-38(56-9)19-13-33/h10-21,24,36,39,43-44H,22-23,25-30H2,1-9H3/t36-,43-,44+,50-/m0/s1. The Morgan fingerprint density at radius 2 is 1.42 bits per heavy atom. The number of nitrogens with zero attached hydrogens (tertiary/aromatic N) is 1. The van der Waals surface area contributed by atoms with Crippen LogP contribution in [0, 0.1) is 24.2 Å². The third-order valence-corrected chi connectivity index (χ3v) is 13.5. The van der Waals surface area contributed by atoms with Crippen molar-refractivity contribution in [3.8, 4) is 28.7 Å². The number of hydrogen-bond donors (Lipinski definition) is 0. The second-order valence-corrected chi connectivity index (χ2v) is 19.0. The van der Waals surface area contributed by atoms with Crippen molar-refractivity contribution in [3.05, 3.63) is 112 Å². The molecule has 5 aliphatic rings. The van der Waals surface area contributed by atoms with Gasteiger partial charge < -0.3 is 42.6 Å². The molecule has 3 aliphatic carbocycles. The van der Waals surface area contributed by atoms with E-state index in [0.29, 0.717) is 72.6 Å². The molecule has 4 aromatic rings. The summed E-state index contributed by atoms with van der Waals surface area (Å²) in [7, 11) is 2.97. The molecule has 4 aromatic carbocycles. The average molecular weight is 846 g/mol. The fraction of sp³-hybridized carbons (Fsp3) is 0.480. The number of likely N-dealkylation sites (tertiary alicyclic amines) is 1. The Balaban J connectivity index is 0.932. The van der Waals surface area contributed by atoms with E-state index >= 15 is 0 Å². The summed E-state index contributed by atoms with van der Waals surface area (Å²) in [5.74, 6) is 3.50. The maximum Gasteiger partial charge on any atom is 0.457 e. The zero-order chi connectivity index (χ0) is 44.0. The zero-order valence-corrected chi connectivity index (χ0v) is 37.6. The van der Waals surface area contributed by atoms with Gasteiger partial charge in [-0.25, -0.2) is 4.79 Å². The molecule has 2 bridgehead atoms. The van der Waals surface area contributed by atoms with Gasteiger partial charge in [0.2, 0.25) is 0 Å². The van der Waals surface area contributed by atoms with E-state index < -0.39 is 11.6 Å². The molecule has 4 atom stereocenters. The predicted molar refractivity (Wildman–Crippen MR) is 236 cm³/mol. The van der Waals surface area contributed by atoms with Gasteiger partial charge >= 0.3 is 13.1 Å². The minimum atomic E-state index is -0.699. The van der Waals surface area contributed by atoms with Crippen molar-refractivity contribution in [1.82, 2.24) is 4.90 Å². The van der Waals surface area contributed by atoms with Gasteiger partial charge in [-0.15, -0.1) is 0 Å². The highest BCUT2D eigenvalue weighted by molar-refractivity contribution is 6.45. The van der Waals surface area contributed by atoms with Gasteiger partial charge in [-0.3, -0.25) is 4.79 Å². The summed E-state index contributed by atoms with van der Waals surface area (Å²) in [4.78, 5) is 29.4. The van der Waals surface area contributed by atoms with Crippen LogP contribution in [0.15, 0.2) is 78.9 Å². The maximum absolute atomic E-state index is 13.9. The van der Waals surface area contributed by atoms with Crippen LogP contribution in [0.2, 0.25) is 6.32 Å². The number of benzene rings is 4. The molecular weight excluding hydrogens is 785 g/mol. The Bertz CT molecular complexity index is 2270. The lowest BCUT2D eigenvalue weighted by Gasteiger charge is -2.64. The summed E-state index contributed by atoms with van der Waals surface area (Å²) in [6.45, 7) is 15.8. The normalized spacial score (nSPS) is 22.5. The fourth-order valence-electron chi connectivity index (χ4n) is 9.71. The van der Waals surface area contributed by atoms with Crippen LogP contribution >= 0.6 is 0 Å². The third-order valence-electron chi connectivity index (χ3n) is 13.5. The van der Waals surface area contributed by atoms with Crippen LogP contribution in [0.4, 0.5) is 0 Å². The van der Waals surface area contributed by atoms with Crippen molar-refractivity contribution in [3.63, 3.8) is 0 Å². The van der Waals surface area contributed by atoms with Crippen LogP contribution < -0.4 is 23.7 Å². The first-order valence-electron chi connectivity index (χ1n) is 21.8. The Hall–Kier alpha value is -5.20. The molecule has 62 heavy (non-hydrogen) atoms. The van der Waals surface area contributed by atoms with Crippen molar-refractivity contribution in [2.24, 2.45) is 17.3 Å². The van der Waals surface area contributed by atoms with E-state index in [4.69, 9.17) is 37.7 Å². The fourth-order valence-corrected chi connectivity index (χ4v) is 9.71. The highest BCUT2D eigenvalue weighted by Gasteiger charge is 2.67. The van der Waals surface area contributed by atoms with Crippen LogP contribution in [-0.2, 0) is 33.7 Å². The monoisotopic (exact) mass is 845 g/mol.